The molecule has 148 valence electrons. The van der Waals surface area contributed by atoms with E-state index in [1.165, 1.54) is 24.3 Å². The van der Waals surface area contributed by atoms with Gasteiger partial charge in [0.25, 0.3) is 5.69 Å². The molecule has 4 rings (SSSR count). The average Bonchev–Trinajstić information content (AvgIpc) is 2.98. The minimum absolute atomic E-state index is 0.0858. The fourth-order valence-corrected chi connectivity index (χ4v) is 3.58. The predicted octanol–water partition coefficient (Wildman–Crippen LogP) is 3.15. The van der Waals surface area contributed by atoms with Gasteiger partial charge in [-0.1, -0.05) is 43.3 Å². The molecule has 1 unspecified atom stereocenters. The summed E-state index contributed by atoms with van der Waals surface area (Å²) >= 11 is 0. The van der Waals surface area contributed by atoms with Crippen LogP contribution >= 0.6 is 0 Å². The van der Waals surface area contributed by atoms with Crippen molar-refractivity contribution in [3.63, 3.8) is 0 Å². The fraction of sp³-hybridized carbons (Fsp3) is 0.286. The molecule has 0 radical (unpaired) electrons. The highest BCUT2D eigenvalue weighted by Crippen LogP contribution is 2.35. The number of fused-ring (bicyclic) bond motifs is 1. The maximum Gasteiger partial charge on any atom is 0.280 e. The minimum atomic E-state index is -1.60. The monoisotopic (exact) mass is 395 g/mol. The predicted molar refractivity (Wildman–Crippen MR) is 99.8 cm³/mol. The van der Waals surface area contributed by atoms with Crippen molar-refractivity contribution in [2.75, 3.05) is 13.2 Å². The van der Waals surface area contributed by atoms with Gasteiger partial charge in [-0.25, -0.2) is 0 Å². The van der Waals surface area contributed by atoms with Crippen LogP contribution in [0.3, 0.4) is 0 Å². The minimum Gasteiger partial charge on any atom is -0.348 e. The van der Waals surface area contributed by atoms with Crippen molar-refractivity contribution >= 4 is 23.0 Å². The van der Waals surface area contributed by atoms with E-state index in [1.54, 1.807) is 12.1 Å². The quantitative estimate of drug-likeness (QED) is 0.338. The smallest absolute Gasteiger partial charge is 0.280 e. The zero-order valence-corrected chi connectivity index (χ0v) is 15.5. The molecule has 0 saturated carbocycles. The van der Waals surface area contributed by atoms with E-state index < -0.39 is 40.2 Å². The molecule has 2 aromatic carbocycles. The van der Waals surface area contributed by atoms with Crippen LogP contribution in [0.1, 0.15) is 49.9 Å². The average molecular weight is 395 g/mol. The highest BCUT2D eigenvalue weighted by atomic mass is 16.7. The Labute approximate surface area is 165 Å². The van der Waals surface area contributed by atoms with Crippen LogP contribution in [-0.2, 0) is 9.47 Å². The lowest BCUT2D eigenvalue weighted by molar-refractivity contribution is -0.385. The lowest BCUT2D eigenvalue weighted by atomic mass is 9.92. The standard InChI is InChI=1S/C21H17NO7/c1-11-9-28-21(29-10-11)13-7-5-12(6-8-13)18(23)17-19(24)14-3-2-4-15(22(26)27)16(14)20(17)25/h2-8,11,17,21H,9-10H2,1H3. The topological polar surface area (TPSA) is 113 Å². The Hall–Kier alpha value is -3.23. The van der Waals surface area contributed by atoms with Crippen molar-refractivity contribution in [1.29, 1.82) is 0 Å². The van der Waals surface area contributed by atoms with Gasteiger partial charge >= 0.3 is 0 Å². The normalized spacial score (nSPS) is 23.7. The maximum absolute atomic E-state index is 12.9. The van der Waals surface area contributed by atoms with E-state index in [4.69, 9.17) is 9.47 Å². The third-order valence-electron chi connectivity index (χ3n) is 5.07. The number of hydrogen-bond donors (Lipinski definition) is 0. The lowest BCUT2D eigenvalue weighted by Crippen LogP contribution is -2.26. The molecule has 29 heavy (non-hydrogen) atoms. The summed E-state index contributed by atoms with van der Waals surface area (Å²) in [6.45, 7) is 3.14. The molecule has 0 N–H and O–H groups in total. The number of hydrogen-bond acceptors (Lipinski definition) is 7. The van der Waals surface area contributed by atoms with E-state index in [2.05, 4.69) is 0 Å². The highest BCUT2D eigenvalue weighted by molar-refractivity contribution is 6.38. The van der Waals surface area contributed by atoms with Gasteiger partial charge in [-0.3, -0.25) is 24.5 Å². The zero-order chi connectivity index (χ0) is 20.7. The molecule has 1 fully saturated rings. The van der Waals surface area contributed by atoms with Gasteiger partial charge in [-0.05, 0) is 0 Å². The second kappa shape index (κ2) is 7.31. The molecule has 1 heterocycles. The number of carbonyl (C=O) groups is 3. The zero-order valence-electron chi connectivity index (χ0n) is 15.5. The molecule has 2 aromatic rings. The van der Waals surface area contributed by atoms with E-state index in [1.807, 2.05) is 6.92 Å². The summed E-state index contributed by atoms with van der Waals surface area (Å²) in [7, 11) is 0. The first-order chi connectivity index (χ1) is 13.9. The van der Waals surface area contributed by atoms with Crippen molar-refractivity contribution in [3.05, 3.63) is 74.8 Å². The van der Waals surface area contributed by atoms with Crippen LogP contribution in [0.5, 0.6) is 0 Å². The van der Waals surface area contributed by atoms with E-state index in [0.29, 0.717) is 19.1 Å². The molecular weight excluding hydrogens is 378 g/mol. The number of Topliss-reactive ketones (excluding diaryl/α,β-unsaturated/α-hetero) is 3. The van der Waals surface area contributed by atoms with Crippen molar-refractivity contribution in [2.24, 2.45) is 11.8 Å². The summed E-state index contributed by atoms with van der Waals surface area (Å²) in [6.07, 6.45) is -0.531. The maximum atomic E-state index is 12.9. The van der Waals surface area contributed by atoms with Gasteiger partial charge in [0.2, 0.25) is 0 Å². The highest BCUT2D eigenvalue weighted by Gasteiger charge is 2.47. The van der Waals surface area contributed by atoms with Crippen molar-refractivity contribution in [2.45, 2.75) is 13.2 Å². The second-order valence-corrected chi connectivity index (χ2v) is 7.21. The molecule has 0 aromatic heterocycles. The molecule has 1 atom stereocenters. The largest absolute Gasteiger partial charge is 0.348 e. The first kappa shape index (κ1) is 19.1. The van der Waals surface area contributed by atoms with E-state index in [9.17, 15) is 24.5 Å². The van der Waals surface area contributed by atoms with Crippen LogP contribution in [0.25, 0.3) is 0 Å². The summed E-state index contributed by atoms with van der Waals surface area (Å²) in [4.78, 5) is 48.7. The Kier molecular flexibility index (Phi) is 4.81. The summed E-state index contributed by atoms with van der Waals surface area (Å²) in [5.74, 6) is -3.52. The van der Waals surface area contributed by atoms with E-state index >= 15 is 0 Å². The number of nitrogens with zero attached hydrogens (tertiary/aromatic N) is 1. The van der Waals surface area contributed by atoms with E-state index in [-0.39, 0.29) is 16.7 Å². The first-order valence-electron chi connectivity index (χ1n) is 9.11. The number of nitro groups is 1. The van der Waals surface area contributed by atoms with Crippen LogP contribution in [0.2, 0.25) is 0 Å². The fourth-order valence-electron chi connectivity index (χ4n) is 3.58. The van der Waals surface area contributed by atoms with E-state index in [0.717, 1.165) is 11.6 Å². The number of benzene rings is 2. The van der Waals surface area contributed by atoms with Gasteiger partial charge in [0, 0.05) is 28.7 Å². The van der Waals surface area contributed by atoms with Crippen molar-refractivity contribution in [3.8, 4) is 0 Å². The van der Waals surface area contributed by atoms with Crippen molar-refractivity contribution in [1.82, 2.24) is 0 Å². The summed E-state index contributed by atoms with van der Waals surface area (Å²) in [6, 6.07) is 10.1. The van der Waals surface area contributed by atoms with Gasteiger partial charge in [0.15, 0.2) is 23.6 Å². The second-order valence-electron chi connectivity index (χ2n) is 7.21. The number of nitro benzene ring substituents is 1. The van der Waals surface area contributed by atoms with Gasteiger partial charge in [-0.15, -0.1) is 0 Å². The number of rotatable bonds is 4. The summed E-state index contributed by atoms with van der Waals surface area (Å²) in [5.41, 5.74) is 0.0387. The van der Waals surface area contributed by atoms with Gasteiger partial charge < -0.3 is 9.47 Å². The Morgan fingerprint density at radius 3 is 2.31 bits per heavy atom. The molecule has 0 amide bonds. The van der Waals surface area contributed by atoms with Gasteiger partial charge in [-0.2, -0.15) is 0 Å². The Balaban J connectivity index is 1.59. The van der Waals surface area contributed by atoms with Crippen molar-refractivity contribution < 1.29 is 28.8 Å². The lowest BCUT2D eigenvalue weighted by Gasteiger charge is -2.27. The van der Waals surface area contributed by atoms with Crippen LogP contribution < -0.4 is 0 Å². The molecule has 1 aliphatic heterocycles. The molecule has 0 bridgehead atoms. The molecule has 1 saturated heterocycles. The number of ether oxygens (including phenoxy) is 2. The Bertz CT molecular complexity index is 1020. The number of ketones is 3. The molecule has 8 nitrogen and oxygen atoms in total. The molecular formula is C21H17NO7. The van der Waals surface area contributed by atoms with Crippen LogP contribution in [0, 0.1) is 22.0 Å². The first-order valence-corrected chi connectivity index (χ1v) is 9.11. The summed E-state index contributed by atoms with van der Waals surface area (Å²) in [5, 5.41) is 11.2. The Morgan fingerprint density at radius 2 is 1.69 bits per heavy atom. The molecule has 8 heteroatoms. The summed E-state index contributed by atoms with van der Waals surface area (Å²) < 4.78 is 11.2. The third-order valence-corrected chi connectivity index (χ3v) is 5.07. The van der Waals surface area contributed by atoms with Crippen LogP contribution in [0.15, 0.2) is 42.5 Å². The van der Waals surface area contributed by atoms with Gasteiger partial charge in [0.05, 0.1) is 18.1 Å². The third kappa shape index (κ3) is 3.26. The Morgan fingerprint density at radius 1 is 1.03 bits per heavy atom. The van der Waals surface area contributed by atoms with Crippen LogP contribution in [0.4, 0.5) is 5.69 Å². The molecule has 1 aliphatic carbocycles. The molecule has 0 spiro atoms. The SMILES string of the molecule is CC1COC(c2ccc(C(=O)C3C(=O)c4cccc([N+](=O)[O-])c4C3=O)cc2)OC1. The molecule has 2 aliphatic rings. The number of carbonyl (C=O) groups excluding carboxylic acids is 3. The van der Waals surface area contributed by atoms with Crippen LogP contribution in [-0.4, -0.2) is 35.5 Å². The van der Waals surface area contributed by atoms with Gasteiger partial charge in [0.1, 0.15) is 11.5 Å².